The highest BCUT2D eigenvalue weighted by Crippen LogP contribution is 2.34. The Morgan fingerprint density at radius 3 is 2.65 bits per heavy atom. The van der Waals surface area contributed by atoms with Crippen molar-refractivity contribution in [1.82, 2.24) is 20.0 Å². The van der Waals surface area contributed by atoms with Gasteiger partial charge in [-0.1, -0.05) is 12.1 Å². The van der Waals surface area contributed by atoms with Gasteiger partial charge in [-0.25, -0.2) is 0 Å². The molecule has 2 fully saturated rings. The molecule has 1 N–H and O–H groups in total. The number of fused-ring (bicyclic) bond motifs is 1. The molecular formula is C18H21N5O3. The quantitative estimate of drug-likeness (QED) is 0.635. The second kappa shape index (κ2) is 6.44. The van der Waals surface area contributed by atoms with E-state index in [2.05, 4.69) is 21.4 Å². The van der Waals surface area contributed by atoms with Crippen molar-refractivity contribution >= 4 is 34.8 Å². The van der Waals surface area contributed by atoms with Crippen molar-refractivity contribution in [2.45, 2.75) is 18.8 Å². The molecular weight excluding hydrogens is 334 g/mol. The smallest absolute Gasteiger partial charge is 0.235 e. The number of carbonyl (C=O) groups is 3. The van der Waals surface area contributed by atoms with Crippen LogP contribution >= 0.6 is 0 Å². The molecule has 2 saturated heterocycles. The number of carbonyl (C=O) groups excluding carboxylic acids is 3. The van der Waals surface area contributed by atoms with Gasteiger partial charge in [0.1, 0.15) is 0 Å². The summed E-state index contributed by atoms with van der Waals surface area (Å²) in [6, 6.07) is 6.00. The van der Waals surface area contributed by atoms with E-state index in [0.29, 0.717) is 25.9 Å². The first-order valence-electron chi connectivity index (χ1n) is 8.82. The first kappa shape index (κ1) is 16.6. The van der Waals surface area contributed by atoms with Crippen LogP contribution in [0.1, 0.15) is 24.5 Å². The first-order chi connectivity index (χ1) is 12.6. The Morgan fingerprint density at radius 2 is 1.96 bits per heavy atom. The number of hydrogen-bond donors (Lipinski definition) is 1. The number of imide groups is 1. The average molecular weight is 355 g/mol. The summed E-state index contributed by atoms with van der Waals surface area (Å²) in [5.74, 6) is -0.898. The number of aryl methyl sites for hydroxylation is 1. The van der Waals surface area contributed by atoms with Crippen LogP contribution in [-0.4, -0.2) is 59.1 Å². The topological polar surface area (TPSA) is 87.5 Å². The second-order valence-electron chi connectivity index (χ2n) is 6.81. The van der Waals surface area contributed by atoms with Crippen LogP contribution in [0.15, 0.2) is 18.2 Å². The van der Waals surface area contributed by atoms with Gasteiger partial charge >= 0.3 is 0 Å². The summed E-state index contributed by atoms with van der Waals surface area (Å²) >= 11 is 0. The van der Waals surface area contributed by atoms with Crippen molar-refractivity contribution in [2.75, 3.05) is 31.1 Å². The van der Waals surface area contributed by atoms with Gasteiger partial charge in [0.2, 0.25) is 18.2 Å². The number of para-hydroxylation sites is 1. The standard InChI is InChI=1S/C18H21N5O3/c1-21-17-12(16(20-21)13-5-6-15(25)19-18(13)26)3-2-4-14(17)23-9-7-22(11-24)8-10-23/h2-4,11,13H,5-10H2,1H3,(H,19,25,26). The van der Waals surface area contributed by atoms with E-state index in [9.17, 15) is 14.4 Å². The maximum atomic E-state index is 12.3. The van der Waals surface area contributed by atoms with Crippen molar-refractivity contribution in [3.63, 3.8) is 0 Å². The lowest BCUT2D eigenvalue weighted by molar-refractivity contribution is -0.134. The summed E-state index contributed by atoms with van der Waals surface area (Å²) in [6.45, 7) is 2.91. The van der Waals surface area contributed by atoms with E-state index in [1.165, 1.54) is 0 Å². The number of amides is 3. The number of aromatic nitrogens is 2. The summed E-state index contributed by atoms with van der Waals surface area (Å²) in [5.41, 5.74) is 2.76. The van der Waals surface area contributed by atoms with Gasteiger partial charge in [0.25, 0.3) is 0 Å². The molecule has 2 aliphatic rings. The van der Waals surface area contributed by atoms with Crippen LogP contribution in [0.3, 0.4) is 0 Å². The van der Waals surface area contributed by atoms with Crippen LogP contribution in [-0.2, 0) is 21.4 Å². The molecule has 0 saturated carbocycles. The Labute approximate surface area is 150 Å². The fourth-order valence-corrected chi connectivity index (χ4v) is 3.88. The molecule has 0 spiro atoms. The van der Waals surface area contributed by atoms with Crippen molar-refractivity contribution in [3.05, 3.63) is 23.9 Å². The maximum absolute atomic E-state index is 12.3. The van der Waals surface area contributed by atoms with Crippen LogP contribution in [0, 0.1) is 0 Å². The molecule has 1 atom stereocenters. The van der Waals surface area contributed by atoms with Gasteiger partial charge in [-0.3, -0.25) is 24.4 Å². The van der Waals surface area contributed by atoms with Crippen LogP contribution in [0.4, 0.5) is 5.69 Å². The van der Waals surface area contributed by atoms with Crippen LogP contribution < -0.4 is 10.2 Å². The third kappa shape index (κ3) is 2.71. The van der Waals surface area contributed by atoms with E-state index in [4.69, 9.17) is 0 Å². The zero-order chi connectivity index (χ0) is 18.3. The molecule has 2 aromatic rings. The molecule has 3 amide bonds. The summed E-state index contributed by atoms with van der Waals surface area (Å²) in [5, 5.41) is 7.98. The number of piperidine rings is 1. The molecule has 26 heavy (non-hydrogen) atoms. The Kier molecular flexibility index (Phi) is 4.10. The molecule has 8 nitrogen and oxygen atoms in total. The second-order valence-corrected chi connectivity index (χ2v) is 6.81. The largest absolute Gasteiger partial charge is 0.366 e. The van der Waals surface area contributed by atoms with Gasteiger partial charge < -0.3 is 9.80 Å². The van der Waals surface area contributed by atoms with E-state index in [0.717, 1.165) is 41.8 Å². The minimum atomic E-state index is -0.404. The maximum Gasteiger partial charge on any atom is 0.235 e. The summed E-state index contributed by atoms with van der Waals surface area (Å²) in [7, 11) is 1.88. The van der Waals surface area contributed by atoms with Crippen LogP contribution in [0.25, 0.3) is 10.9 Å². The minimum absolute atomic E-state index is 0.222. The molecule has 4 rings (SSSR count). The van der Waals surface area contributed by atoms with Crippen molar-refractivity contribution in [2.24, 2.45) is 7.05 Å². The lowest BCUT2D eigenvalue weighted by atomic mass is 9.92. The molecule has 1 aromatic carbocycles. The van der Waals surface area contributed by atoms with E-state index >= 15 is 0 Å². The first-order valence-corrected chi connectivity index (χ1v) is 8.82. The SMILES string of the molecule is Cn1nc(C2CCC(=O)NC2=O)c2cccc(N3CCN(C=O)CC3)c21. The molecule has 8 heteroatoms. The summed E-state index contributed by atoms with van der Waals surface area (Å²) in [4.78, 5) is 38.7. The van der Waals surface area contributed by atoms with Crippen molar-refractivity contribution in [3.8, 4) is 0 Å². The lowest BCUT2D eigenvalue weighted by Crippen LogP contribution is -2.45. The molecule has 0 bridgehead atoms. The predicted molar refractivity (Wildman–Crippen MR) is 95.7 cm³/mol. The van der Waals surface area contributed by atoms with Gasteiger partial charge in [0.15, 0.2) is 0 Å². The number of anilines is 1. The molecule has 136 valence electrons. The highest BCUT2D eigenvalue weighted by atomic mass is 16.2. The third-order valence-corrected chi connectivity index (χ3v) is 5.25. The number of nitrogens with zero attached hydrogens (tertiary/aromatic N) is 4. The van der Waals surface area contributed by atoms with E-state index in [1.807, 2.05) is 23.9 Å². The zero-order valence-corrected chi connectivity index (χ0v) is 14.6. The van der Waals surface area contributed by atoms with E-state index in [-0.39, 0.29) is 11.8 Å². The molecule has 0 aliphatic carbocycles. The normalized spacial score (nSPS) is 21.2. The van der Waals surface area contributed by atoms with E-state index < -0.39 is 5.92 Å². The third-order valence-electron chi connectivity index (χ3n) is 5.25. The number of benzene rings is 1. The van der Waals surface area contributed by atoms with E-state index in [1.54, 1.807) is 4.90 Å². The highest BCUT2D eigenvalue weighted by Gasteiger charge is 2.32. The Hall–Kier alpha value is -2.90. The van der Waals surface area contributed by atoms with Gasteiger partial charge in [0.05, 0.1) is 22.8 Å². The molecule has 1 unspecified atom stereocenters. The van der Waals surface area contributed by atoms with Gasteiger partial charge in [-0.2, -0.15) is 5.10 Å². The summed E-state index contributed by atoms with van der Waals surface area (Å²) in [6.07, 6.45) is 1.71. The Balaban J connectivity index is 1.72. The van der Waals surface area contributed by atoms with Crippen LogP contribution in [0.5, 0.6) is 0 Å². The fraction of sp³-hybridized carbons (Fsp3) is 0.444. The number of piperazine rings is 1. The molecule has 0 radical (unpaired) electrons. The highest BCUT2D eigenvalue weighted by molar-refractivity contribution is 6.03. The number of hydrogen-bond acceptors (Lipinski definition) is 5. The predicted octanol–water partition coefficient (Wildman–Crippen LogP) is 0.372. The Bertz CT molecular complexity index is 882. The Morgan fingerprint density at radius 1 is 1.19 bits per heavy atom. The fourth-order valence-electron chi connectivity index (χ4n) is 3.88. The number of rotatable bonds is 3. The molecule has 2 aliphatic heterocycles. The zero-order valence-electron chi connectivity index (χ0n) is 14.6. The minimum Gasteiger partial charge on any atom is -0.366 e. The summed E-state index contributed by atoms with van der Waals surface area (Å²) < 4.78 is 1.82. The van der Waals surface area contributed by atoms with Crippen molar-refractivity contribution < 1.29 is 14.4 Å². The molecule has 3 heterocycles. The lowest BCUT2D eigenvalue weighted by Gasteiger charge is -2.34. The van der Waals surface area contributed by atoms with Gasteiger partial charge in [-0.15, -0.1) is 0 Å². The van der Waals surface area contributed by atoms with Crippen molar-refractivity contribution in [1.29, 1.82) is 0 Å². The monoisotopic (exact) mass is 355 g/mol. The molecule has 1 aromatic heterocycles. The van der Waals surface area contributed by atoms with Gasteiger partial charge in [0, 0.05) is 45.0 Å². The number of nitrogens with one attached hydrogen (secondary N) is 1. The average Bonchev–Trinajstić information content (AvgIpc) is 2.99. The van der Waals surface area contributed by atoms with Gasteiger partial charge in [-0.05, 0) is 12.5 Å². The van der Waals surface area contributed by atoms with Crippen LogP contribution in [0.2, 0.25) is 0 Å².